The summed E-state index contributed by atoms with van der Waals surface area (Å²) >= 11 is 0. The number of benzene rings is 1. The van der Waals surface area contributed by atoms with E-state index in [4.69, 9.17) is 0 Å². The Morgan fingerprint density at radius 1 is 1.04 bits per heavy atom. The largest absolute Gasteiger partial charge is 0.352 e. The van der Waals surface area contributed by atoms with Gasteiger partial charge in [0, 0.05) is 31.7 Å². The van der Waals surface area contributed by atoms with E-state index in [1.165, 1.54) is 17.1 Å². The van der Waals surface area contributed by atoms with Crippen molar-refractivity contribution in [2.75, 3.05) is 31.1 Å². The molecule has 138 valence electrons. The zero-order chi connectivity index (χ0) is 18.8. The molecule has 1 amide bonds. The molecular formula is C18H18FN7O. The van der Waals surface area contributed by atoms with Crippen LogP contribution in [-0.2, 0) is 0 Å². The van der Waals surface area contributed by atoms with Gasteiger partial charge in [0.2, 0.25) is 0 Å². The molecule has 0 bridgehead atoms. The summed E-state index contributed by atoms with van der Waals surface area (Å²) in [5.74, 6) is 0.821. The van der Waals surface area contributed by atoms with Crippen molar-refractivity contribution in [1.82, 2.24) is 29.9 Å². The van der Waals surface area contributed by atoms with Gasteiger partial charge in [0.05, 0.1) is 0 Å². The molecule has 3 aromatic rings. The van der Waals surface area contributed by atoms with Crippen LogP contribution < -0.4 is 4.90 Å². The number of aromatic nitrogens is 5. The molecule has 27 heavy (non-hydrogen) atoms. The highest BCUT2D eigenvalue weighted by Crippen LogP contribution is 2.16. The summed E-state index contributed by atoms with van der Waals surface area (Å²) in [7, 11) is 0. The molecule has 0 N–H and O–H groups in total. The zero-order valence-corrected chi connectivity index (χ0v) is 14.8. The highest BCUT2D eigenvalue weighted by atomic mass is 19.1. The first-order valence-electron chi connectivity index (χ1n) is 8.61. The number of hydrogen-bond acceptors (Lipinski definition) is 6. The summed E-state index contributed by atoms with van der Waals surface area (Å²) < 4.78 is 15.3. The van der Waals surface area contributed by atoms with Crippen molar-refractivity contribution in [3.63, 3.8) is 0 Å². The van der Waals surface area contributed by atoms with Gasteiger partial charge < -0.3 is 9.80 Å². The summed E-state index contributed by atoms with van der Waals surface area (Å²) in [5.41, 5.74) is 0.910. The third-order valence-electron chi connectivity index (χ3n) is 4.60. The lowest BCUT2D eigenvalue weighted by Gasteiger charge is -2.35. The predicted octanol–water partition coefficient (Wildman–Crippen LogP) is 1.47. The monoisotopic (exact) mass is 367 g/mol. The highest BCUT2D eigenvalue weighted by Gasteiger charge is 2.23. The summed E-state index contributed by atoms with van der Waals surface area (Å²) in [5, 5.41) is 12.4. The smallest absolute Gasteiger partial charge is 0.254 e. The minimum atomic E-state index is -0.359. The molecule has 4 rings (SSSR count). The lowest BCUT2D eigenvalue weighted by molar-refractivity contribution is 0.0746. The van der Waals surface area contributed by atoms with Gasteiger partial charge in [-0.1, -0.05) is 6.07 Å². The number of amides is 1. The van der Waals surface area contributed by atoms with Crippen molar-refractivity contribution in [1.29, 1.82) is 0 Å². The fourth-order valence-corrected chi connectivity index (χ4v) is 2.98. The number of hydrogen-bond donors (Lipinski definition) is 0. The molecule has 0 saturated carbocycles. The van der Waals surface area contributed by atoms with Gasteiger partial charge >= 0.3 is 0 Å². The van der Waals surface area contributed by atoms with Crippen LogP contribution in [-0.4, -0.2) is 61.9 Å². The minimum Gasteiger partial charge on any atom is -0.352 e. The van der Waals surface area contributed by atoms with Crippen molar-refractivity contribution in [2.45, 2.75) is 6.92 Å². The van der Waals surface area contributed by atoms with E-state index < -0.39 is 0 Å². The van der Waals surface area contributed by atoms with Crippen molar-refractivity contribution in [3.05, 3.63) is 59.9 Å². The van der Waals surface area contributed by atoms with E-state index >= 15 is 0 Å². The Bertz CT molecular complexity index is 935. The first kappa shape index (κ1) is 17.1. The molecule has 0 spiro atoms. The Labute approximate surface area is 155 Å². The summed E-state index contributed by atoms with van der Waals surface area (Å²) in [6.07, 6.45) is 2.99. The maximum atomic E-state index is 13.7. The summed E-state index contributed by atoms with van der Waals surface area (Å²) in [6.45, 7) is 4.04. The number of carbonyl (C=O) groups excluding carboxylic acids is 1. The zero-order valence-electron chi connectivity index (χ0n) is 14.8. The second kappa shape index (κ2) is 7.10. The summed E-state index contributed by atoms with van der Waals surface area (Å²) in [6, 6.07) is 8.30. The van der Waals surface area contributed by atoms with E-state index in [2.05, 4.69) is 25.2 Å². The normalized spacial score (nSPS) is 14.4. The van der Waals surface area contributed by atoms with Gasteiger partial charge in [0.15, 0.2) is 11.6 Å². The van der Waals surface area contributed by atoms with Crippen LogP contribution in [0.1, 0.15) is 15.9 Å². The van der Waals surface area contributed by atoms with Crippen LogP contribution in [0.2, 0.25) is 0 Å². The number of anilines is 1. The van der Waals surface area contributed by atoms with E-state index in [0.29, 0.717) is 43.1 Å². The number of aryl methyl sites for hydroxylation is 1. The average Bonchev–Trinajstić information content (AvgIpc) is 3.25. The number of carbonyl (C=O) groups is 1. The van der Waals surface area contributed by atoms with Gasteiger partial charge in [-0.25, -0.2) is 14.1 Å². The Kier molecular flexibility index (Phi) is 4.49. The van der Waals surface area contributed by atoms with E-state index in [9.17, 15) is 9.18 Å². The molecule has 2 aromatic heterocycles. The standard InChI is InChI=1S/C18H18FN7O/c1-13-2-3-14(10-15(13)19)18(27)25-8-6-24(7-9-25)16-4-5-17(23-22-16)26-12-20-11-21-26/h2-5,10-12H,6-9H2,1H3. The van der Waals surface area contributed by atoms with Crippen molar-refractivity contribution >= 4 is 11.7 Å². The Morgan fingerprint density at radius 2 is 1.78 bits per heavy atom. The van der Waals surface area contributed by atoms with Gasteiger partial charge in [0.1, 0.15) is 18.5 Å². The molecule has 1 aliphatic rings. The fourth-order valence-electron chi connectivity index (χ4n) is 2.98. The van der Waals surface area contributed by atoms with Crippen molar-refractivity contribution < 1.29 is 9.18 Å². The van der Waals surface area contributed by atoms with Gasteiger partial charge in [-0.05, 0) is 36.8 Å². The SMILES string of the molecule is Cc1ccc(C(=O)N2CCN(c3ccc(-n4cncn4)nn3)CC2)cc1F. The molecule has 0 aliphatic carbocycles. The number of rotatable bonds is 3. The van der Waals surface area contributed by atoms with Crippen LogP contribution in [0.4, 0.5) is 10.2 Å². The van der Waals surface area contributed by atoms with Crippen LogP contribution in [0, 0.1) is 12.7 Å². The second-order valence-corrected chi connectivity index (χ2v) is 6.33. The fraction of sp³-hybridized carbons (Fsp3) is 0.278. The predicted molar refractivity (Wildman–Crippen MR) is 96.2 cm³/mol. The lowest BCUT2D eigenvalue weighted by atomic mass is 10.1. The quantitative estimate of drug-likeness (QED) is 0.697. The van der Waals surface area contributed by atoms with Crippen molar-refractivity contribution in [3.8, 4) is 5.82 Å². The molecule has 1 aliphatic heterocycles. The molecular weight excluding hydrogens is 349 g/mol. The van der Waals surface area contributed by atoms with E-state index in [-0.39, 0.29) is 11.7 Å². The molecule has 1 saturated heterocycles. The topological polar surface area (TPSA) is 80.0 Å². The molecule has 0 unspecified atom stereocenters. The molecule has 1 fully saturated rings. The van der Waals surface area contributed by atoms with Gasteiger partial charge in [-0.15, -0.1) is 10.2 Å². The summed E-state index contributed by atoms with van der Waals surface area (Å²) in [4.78, 5) is 20.3. The Hall–Kier alpha value is -3.36. The van der Waals surface area contributed by atoms with Crippen LogP contribution in [0.3, 0.4) is 0 Å². The second-order valence-electron chi connectivity index (χ2n) is 6.33. The Morgan fingerprint density at radius 3 is 2.41 bits per heavy atom. The van der Waals surface area contributed by atoms with Gasteiger partial charge in [0.25, 0.3) is 5.91 Å². The first-order valence-corrected chi connectivity index (χ1v) is 8.61. The highest BCUT2D eigenvalue weighted by molar-refractivity contribution is 5.94. The van der Waals surface area contributed by atoms with E-state index in [1.807, 2.05) is 12.1 Å². The average molecular weight is 367 g/mol. The van der Waals surface area contributed by atoms with Gasteiger partial charge in [-0.3, -0.25) is 4.79 Å². The Balaban J connectivity index is 1.39. The van der Waals surface area contributed by atoms with Crippen molar-refractivity contribution in [2.24, 2.45) is 0 Å². The first-order chi connectivity index (χ1) is 13.1. The number of nitrogens with zero attached hydrogens (tertiary/aromatic N) is 7. The maximum absolute atomic E-state index is 13.7. The van der Waals surface area contributed by atoms with E-state index in [0.717, 1.165) is 5.82 Å². The van der Waals surface area contributed by atoms with Crippen LogP contribution in [0.15, 0.2) is 43.0 Å². The van der Waals surface area contributed by atoms with Gasteiger partial charge in [-0.2, -0.15) is 5.10 Å². The van der Waals surface area contributed by atoms with Crippen LogP contribution >= 0.6 is 0 Å². The molecule has 8 nitrogen and oxygen atoms in total. The molecule has 1 aromatic carbocycles. The third-order valence-corrected chi connectivity index (χ3v) is 4.60. The maximum Gasteiger partial charge on any atom is 0.254 e. The lowest BCUT2D eigenvalue weighted by Crippen LogP contribution is -2.49. The van der Waals surface area contributed by atoms with E-state index in [1.54, 1.807) is 30.3 Å². The van der Waals surface area contributed by atoms with Crippen LogP contribution in [0.5, 0.6) is 0 Å². The molecule has 0 atom stereocenters. The molecule has 9 heteroatoms. The van der Waals surface area contributed by atoms with Crippen LogP contribution in [0.25, 0.3) is 5.82 Å². The minimum absolute atomic E-state index is 0.152. The number of halogens is 1. The third kappa shape index (κ3) is 3.48. The molecule has 0 radical (unpaired) electrons. The molecule has 3 heterocycles. The number of piperazine rings is 1.